The molecule has 0 aliphatic heterocycles. The molecule has 5 heteroatoms. The van der Waals surface area contributed by atoms with Gasteiger partial charge in [0, 0.05) is 0 Å². The molecule has 38 valence electrons. The van der Waals surface area contributed by atoms with Crippen molar-refractivity contribution in [3.05, 3.63) is 0 Å². The standard InChI is InChI=1S/C2H3N3O2/c3-1-7-2(6)5-4/h4H2,(H,5,6). The zero-order valence-electron chi connectivity index (χ0n) is 3.34. The monoisotopic (exact) mass is 101 g/mol. The topological polar surface area (TPSA) is 88.1 Å². The van der Waals surface area contributed by atoms with Crippen LogP contribution < -0.4 is 11.3 Å². The van der Waals surface area contributed by atoms with Crippen molar-refractivity contribution in [2.75, 3.05) is 0 Å². The van der Waals surface area contributed by atoms with Crippen molar-refractivity contribution in [2.24, 2.45) is 5.84 Å². The van der Waals surface area contributed by atoms with Crippen LogP contribution in [0, 0.1) is 11.5 Å². The summed E-state index contributed by atoms with van der Waals surface area (Å²) in [7, 11) is 0. The fourth-order valence-corrected chi connectivity index (χ4v) is 0.0709. The SMILES string of the molecule is N#COC(=O)NN. The van der Waals surface area contributed by atoms with E-state index in [9.17, 15) is 4.79 Å². The summed E-state index contributed by atoms with van der Waals surface area (Å²) < 4.78 is 3.62. The molecule has 7 heavy (non-hydrogen) atoms. The summed E-state index contributed by atoms with van der Waals surface area (Å²) in [4.78, 5) is 9.73. The molecule has 0 aliphatic carbocycles. The van der Waals surface area contributed by atoms with Crippen LogP contribution in [0.25, 0.3) is 0 Å². The van der Waals surface area contributed by atoms with Gasteiger partial charge >= 0.3 is 6.09 Å². The van der Waals surface area contributed by atoms with Crippen LogP contribution >= 0.6 is 0 Å². The van der Waals surface area contributed by atoms with Crippen LogP contribution in [0.15, 0.2) is 0 Å². The van der Waals surface area contributed by atoms with Gasteiger partial charge in [-0.2, -0.15) is 0 Å². The minimum absolute atomic E-state index is 0.956. The minimum atomic E-state index is -0.956. The number of rotatable bonds is 0. The number of nitrogens with one attached hydrogen (secondary N) is 1. The van der Waals surface area contributed by atoms with E-state index < -0.39 is 6.09 Å². The van der Waals surface area contributed by atoms with E-state index in [1.54, 1.807) is 5.43 Å². The van der Waals surface area contributed by atoms with Crippen molar-refractivity contribution in [1.82, 2.24) is 5.43 Å². The Morgan fingerprint density at radius 3 is 2.71 bits per heavy atom. The van der Waals surface area contributed by atoms with E-state index >= 15 is 0 Å². The second-order valence-electron chi connectivity index (χ2n) is 0.625. The Morgan fingerprint density at radius 1 is 2.00 bits per heavy atom. The van der Waals surface area contributed by atoms with Crippen molar-refractivity contribution in [3.63, 3.8) is 0 Å². The quantitative estimate of drug-likeness (QED) is 0.178. The molecule has 0 rings (SSSR count). The van der Waals surface area contributed by atoms with E-state index in [4.69, 9.17) is 5.26 Å². The largest absolute Gasteiger partial charge is 0.436 e. The van der Waals surface area contributed by atoms with E-state index in [-0.39, 0.29) is 0 Å². The van der Waals surface area contributed by atoms with Crippen LogP contribution in [0.5, 0.6) is 0 Å². The first-order chi connectivity index (χ1) is 3.31. The molecule has 0 aromatic rings. The maximum atomic E-state index is 9.73. The Morgan fingerprint density at radius 2 is 2.57 bits per heavy atom. The number of ether oxygens (including phenoxy) is 1. The molecule has 0 aliphatic rings. The average Bonchev–Trinajstić information content (AvgIpc) is 1.68. The van der Waals surface area contributed by atoms with E-state index in [0.29, 0.717) is 0 Å². The molecular weight excluding hydrogens is 98.0 g/mol. The zero-order chi connectivity index (χ0) is 5.70. The number of nitrogens with zero attached hydrogens (tertiary/aromatic N) is 1. The van der Waals surface area contributed by atoms with Gasteiger partial charge in [0.15, 0.2) is 0 Å². The van der Waals surface area contributed by atoms with Gasteiger partial charge in [0.1, 0.15) is 0 Å². The van der Waals surface area contributed by atoms with Gasteiger partial charge in [-0.25, -0.2) is 10.6 Å². The van der Waals surface area contributed by atoms with Crippen LogP contribution in [-0.2, 0) is 4.74 Å². The first-order valence-electron chi connectivity index (χ1n) is 1.37. The first kappa shape index (κ1) is 5.72. The smallest absolute Gasteiger partial charge is 0.333 e. The van der Waals surface area contributed by atoms with E-state index in [0.717, 1.165) is 6.26 Å². The molecule has 1 amide bonds. The van der Waals surface area contributed by atoms with Gasteiger partial charge in [-0.1, -0.05) is 0 Å². The molecule has 3 N–H and O–H groups in total. The van der Waals surface area contributed by atoms with Crippen molar-refractivity contribution in [3.8, 4) is 6.26 Å². The lowest BCUT2D eigenvalue weighted by Gasteiger charge is -1.86. The van der Waals surface area contributed by atoms with Gasteiger partial charge in [0.2, 0.25) is 0 Å². The molecule has 0 saturated heterocycles. The molecule has 0 atom stereocenters. The number of nitrogens with two attached hydrogens (primary N) is 1. The molecule has 0 spiro atoms. The second kappa shape index (κ2) is 2.93. The normalized spacial score (nSPS) is 6.29. The summed E-state index contributed by atoms with van der Waals surface area (Å²) in [6, 6.07) is 0. The third-order valence-corrected chi connectivity index (χ3v) is 0.256. The first-order valence-corrected chi connectivity index (χ1v) is 1.37. The number of carbonyl (C=O) groups is 1. The van der Waals surface area contributed by atoms with Crippen molar-refractivity contribution in [1.29, 1.82) is 5.26 Å². The van der Waals surface area contributed by atoms with Crippen molar-refractivity contribution >= 4 is 6.09 Å². The maximum Gasteiger partial charge on any atom is 0.436 e. The van der Waals surface area contributed by atoms with Crippen LogP contribution in [0.1, 0.15) is 0 Å². The van der Waals surface area contributed by atoms with Crippen molar-refractivity contribution < 1.29 is 9.53 Å². The highest BCUT2D eigenvalue weighted by molar-refractivity contribution is 5.67. The third kappa shape index (κ3) is 2.52. The Hall–Kier alpha value is -1.28. The highest BCUT2D eigenvalue weighted by Crippen LogP contribution is 1.65. The Labute approximate surface area is 39.6 Å². The number of hydrogen-bond acceptors (Lipinski definition) is 4. The van der Waals surface area contributed by atoms with Crippen LogP contribution in [0.4, 0.5) is 4.79 Å². The van der Waals surface area contributed by atoms with Crippen LogP contribution in [0.3, 0.4) is 0 Å². The molecule has 5 nitrogen and oxygen atoms in total. The number of hydrogen-bond donors (Lipinski definition) is 2. The number of hydrazine groups is 1. The van der Waals surface area contributed by atoms with Gasteiger partial charge in [-0.05, 0) is 0 Å². The van der Waals surface area contributed by atoms with Gasteiger partial charge in [-0.3, -0.25) is 5.43 Å². The minimum Gasteiger partial charge on any atom is -0.333 e. The van der Waals surface area contributed by atoms with E-state index in [2.05, 4.69) is 10.6 Å². The average molecular weight is 101 g/mol. The number of nitriles is 1. The highest BCUT2D eigenvalue weighted by atomic mass is 16.5. The summed E-state index contributed by atoms with van der Waals surface area (Å²) in [5.41, 5.74) is 1.58. The summed E-state index contributed by atoms with van der Waals surface area (Å²) in [5.74, 6) is 4.48. The molecule has 0 fully saturated rings. The second-order valence-corrected chi connectivity index (χ2v) is 0.625. The van der Waals surface area contributed by atoms with Gasteiger partial charge in [-0.15, -0.1) is 5.26 Å². The third-order valence-electron chi connectivity index (χ3n) is 0.256. The molecule has 0 bridgehead atoms. The molecule has 0 aromatic heterocycles. The number of amides is 1. The molecule has 0 unspecified atom stereocenters. The maximum absolute atomic E-state index is 9.73. The Kier molecular flexibility index (Phi) is 2.40. The van der Waals surface area contributed by atoms with E-state index in [1.165, 1.54) is 0 Å². The fourth-order valence-electron chi connectivity index (χ4n) is 0.0709. The summed E-state index contributed by atoms with van der Waals surface area (Å²) in [6.07, 6.45) is 0.170. The summed E-state index contributed by atoms with van der Waals surface area (Å²) in [5, 5.41) is 7.58. The van der Waals surface area contributed by atoms with Crippen LogP contribution in [-0.4, -0.2) is 6.09 Å². The van der Waals surface area contributed by atoms with Gasteiger partial charge in [0.05, 0.1) is 0 Å². The van der Waals surface area contributed by atoms with Gasteiger partial charge < -0.3 is 4.74 Å². The highest BCUT2D eigenvalue weighted by Gasteiger charge is 1.91. The Balaban J connectivity index is 3.23. The lowest BCUT2D eigenvalue weighted by Crippen LogP contribution is -2.29. The van der Waals surface area contributed by atoms with Gasteiger partial charge in [0.25, 0.3) is 6.26 Å². The number of carbonyl (C=O) groups excluding carboxylic acids is 1. The lowest BCUT2D eigenvalue weighted by atomic mass is 11.2. The zero-order valence-corrected chi connectivity index (χ0v) is 3.34. The summed E-state index contributed by atoms with van der Waals surface area (Å²) >= 11 is 0. The molecule has 0 radical (unpaired) electrons. The van der Waals surface area contributed by atoms with Crippen molar-refractivity contribution in [2.45, 2.75) is 0 Å². The molecule has 0 aromatic carbocycles. The molecule has 0 saturated carbocycles. The fraction of sp³-hybridized carbons (Fsp3) is 0. The lowest BCUT2D eigenvalue weighted by molar-refractivity contribution is 0.190. The Bertz CT molecular complexity index is 104. The summed E-state index contributed by atoms with van der Waals surface area (Å²) in [6.45, 7) is 0. The predicted molar refractivity (Wildman–Crippen MR) is 19.4 cm³/mol. The molecular formula is C2H3N3O2. The van der Waals surface area contributed by atoms with E-state index in [1.807, 2.05) is 0 Å². The van der Waals surface area contributed by atoms with Crippen LogP contribution in [0.2, 0.25) is 0 Å². The predicted octanol–water partition coefficient (Wildman–Crippen LogP) is -0.933. The molecule has 0 heterocycles.